The molecule has 0 aliphatic carbocycles. The Balaban J connectivity index is 2.03. The van der Waals surface area contributed by atoms with Gasteiger partial charge in [0, 0.05) is 7.05 Å². The standard InChI is InChI=1S/C23H29N3O4S/c1-16-6-8-17(9-7-16)20-21(26(5)24-22(20)30-15-14-27)25-31(28,29)19-12-10-18(11-13-19)23(2,3)4/h6-13,25,27H,14-15H2,1-5H3. The predicted molar refractivity (Wildman–Crippen MR) is 122 cm³/mol. The van der Waals surface area contributed by atoms with Gasteiger partial charge in [0.2, 0.25) is 5.88 Å². The largest absolute Gasteiger partial charge is 0.474 e. The Morgan fingerprint density at radius 2 is 1.68 bits per heavy atom. The zero-order valence-electron chi connectivity index (χ0n) is 18.5. The first kappa shape index (κ1) is 22.8. The van der Waals surface area contributed by atoms with Gasteiger partial charge in [-0.15, -0.1) is 5.10 Å². The van der Waals surface area contributed by atoms with Crippen molar-refractivity contribution >= 4 is 15.8 Å². The summed E-state index contributed by atoms with van der Waals surface area (Å²) in [5.74, 6) is 0.540. The minimum atomic E-state index is -3.86. The van der Waals surface area contributed by atoms with E-state index in [0.29, 0.717) is 5.56 Å². The molecular formula is C23H29N3O4S. The molecule has 0 saturated carbocycles. The highest BCUT2D eigenvalue weighted by Crippen LogP contribution is 2.37. The van der Waals surface area contributed by atoms with Gasteiger partial charge in [-0.25, -0.2) is 13.1 Å². The smallest absolute Gasteiger partial charge is 0.263 e. The number of rotatable bonds is 7. The summed E-state index contributed by atoms with van der Waals surface area (Å²) in [6.45, 7) is 8.08. The van der Waals surface area contributed by atoms with Crippen molar-refractivity contribution in [3.8, 4) is 17.0 Å². The lowest BCUT2D eigenvalue weighted by molar-refractivity contribution is 0.196. The van der Waals surface area contributed by atoms with Gasteiger partial charge in [0.1, 0.15) is 12.4 Å². The van der Waals surface area contributed by atoms with Gasteiger partial charge in [-0.1, -0.05) is 62.7 Å². The minimum absolute atomic E-state index is 0.0519. The molecule has 0 aliphatic rings. The lowest BCUT2D eigenvalue weighted by atomic mass is 9.87. The van der Waals surface area contributed by atoms with Crippen molar-refractivity contribution in [2.24, 2.45) is 7.05 Å². The van der Waals surface area contributed by atoms with Crippen molar-refractivity contribution < 1.29 is 18.3 Å². The summed E-state index contributed by atoms with van der Waals surface area (Å²) >= 11 is 0. The summed E-state index contributed by atoms with van der Waals surface area (Å²) in [7, 11) is -2.22. The van der Waals surface area contributed by atoms with E-state index in [-0.39, 0.29) is 35.2 Å². The second kappa shape index (κ2) is 8.72. The Morgan fingerprint density at radius 1 is 1.06 bits per heavy atom. The molecule has 1 heterocycles. The lowest BCUT2D eigenvalue weighted by Crippen LogP contribution is -2.17. The number of aliphatic hydroxyl groups is 1. The number of nitrogens with one attached hydrogen (secondary N) is 1. The molecule has 0 fully saturated rings. The normalized spacial score (nSPS) is 12.1. The van der Waals surface area contributed by atoms with Gasteiger partial charge < -0.3 is 9.84 Å². The Labute approximate surface area is 183 Å². The summed E-state index contributed by atoms with van der Waals surface area (Å²) in [4.78, 5) is 0.161. The van der Waals surface area contributed by atoms with Crippen molar-refractivity contribution in [1.82, 2.24) is 9.78 Å². The van der Waals surface area contributed by atoms with E-state index < -0.39 is 10.0 Å². The van der Waals surface area contributed by atoms with Gasteiger partial charge in [0.05, 0.1) is 17.1 Å². The number of nitrogens with zero attached hydrogens (tertiary/aromatic N) is 2. The lowest BCUT2D eigenvalue weighted by Gasteiger charge is -2.19. The van der Waals surface area contributed by atoms with Crippen molar-refractivity contribution in [3.05, 3.63) is 59.7 Å². The first-order valence-corrected chi connectivity index (χ1v) is 11.5. The summed E-state index contributed by atoms with van der Waals surface area (Å²) < 4.78 is 36.0. The maximum atomic E-state index is 13.1. The molecule has 8 heteroatoms. The van der Waals surface area contributed by atoms with Gasteiger partial charge in [-0.3, -0.25) is 4.72 Å². The third kappa shape index (κ3) is 5.08. The molecular weight excluding hydrogens is 414 g/mol. The van der Waals surface area contributed by atoms with Crippen LogP contribution in [0.4, 0.5) is 5.82 Å². The number of hydrogen-bond donors (Lipinski definition) is 2. The molecule has 166 valence electrons. The van der Waals surface area contributed by atoms with Gasteiger partial charge in [0.15, 0.2) is 0 Å². The van der Waals surface area contributed by atoms with Crippen LogP contribution in [0.2, 0.25) is 0 Å². The van der Waals surface area contributed by atoms with Crippen LogP contribution in [0.3, 0.4) is 0 Å². The topological polar surface area (TPSA) is 93.4 Å². The number of aliphatic hydroxyl groups excluding tert-OH is 1. The van der Waals surface area contributed by atoms with E-state index in [4.69, 9.17) is 9.84 Å². The Kier molecular flexibility index (Phi) is 6.43. The molecule has 2 aromatic carbocycles. The van der Waals surface area contributed by atoms with Gasteiger partial charge >= 0.3 is 0 Å². The molecule has 0 radical (unpaired) electrons. The van der Waals surface area contributed by atoms with Gasteiger partial charge in [-0.2, -0.15) is 0 Å². The first-order valence-electron chi connectivity index (χ1n) is 10.0. The Bertz CT molecular complexity index is 1140. The van der Waals surface area contributed by atoms with E-state index in [1.54, 1.807) is 19.2 Å². The number of aryl methyl sites for hydroxylation is 2. The van der Waals surface area contributed by atoms with E-state index in [0.717, 1.165) is 16.7 Å². The zero-order valence-corrected chi connectivity index (χ0v) is 19.3. The maximum absolute atomic E-state index is 13.1. The van der Waals surface area contributed by atoms with Crippen LogP contribution >= 0.6 is 0 Å². The second-order valence-electron chi connectivity index (χ2n) is 8.47. The fraction of sp³-hybridized carbons (Fsp3) is 0.348. The monoisotopic (exact) mass is 443 g/mol. The molecule has 0 saturated heterocycles. The summed E-state index contributed by atoms with van der Waals surface area (Å²) in [5.41, 5.74) is 3.33. The summed E-state index contributed by atoms with van der Waals surface area (Å²) in [6.07, 6.45) is 0. The molecule has 31 heavy (non-hydrogen) atoms. The third-order valence-corrected chi connectivity index (χ3v) is 6.30. The zero-order chi connectivity index (χ0) is 22.8. The minimum Gasteiger partial charge on any atom is -0.474 e. The summed E-state index contributed by atoms with van der Waals surface area (Å²) in [5, 5.41) is 13.5. The van der Waals surface area contributed by atoms with Crippen molar-refractivity contribution in [2.75, 3.05) is 17.9 Å². The number of ether oxygens (including phenoxy) is 1. The van der Waals surface area contributed by atoms with Crippen molar-refractivity contribution in [3.63, 3.8) is 0 Å². The van der Waals surface area contributed by atoms with E-state index in [9.17, 15) is 8.42 Å². The van der Waals surface area contributed by atoms with Crippen LogP contribution in [-0.4, -0.2) is 36.5 Å². The maximum Gasteiger partial charge on any atom is 0.263 e. The Hall–Kier alpha value is -2.84. The molecule has 0 spiro atoms. The third-order valence-electron chi connectivity index (χ3n) is 4.95. The van der Waals surface area contributed by atoms with Crippen LogP contribution in [0, 0.1) is 6.92 Å². The average Bonchev–Trinajstić information content (AvgIpc) is 3.01. The highest BCUT2D eigenvalue weighted by atomic mass is 32.2. The van der Waals surface area contributed by atoms with Crippen LogP contribution < -0.4 is 9.46 Å². The van der Waals surface area contributed by atoms with Crippen LogP contribution in [-0.2, 0) is 22.5 Å². The molecule has 2 N–H and O–H groups in total. The Morgan fingerprint density at radius 3 is 2.23 bits per heavy atom. The van der Waals surface area contributed by atoms with E-state index in [1.165, 1.54) is 4.68 Å². The van der Waals surface area contributed by atoms with E-state index in [2.05, 4.69) is 30.6 Å². The first-order chi connectivity index (χ1) is 14.5. The number of anilines is 1. The van der Waals surface area contributed by atoms with Crippen LogP contribution in [0.25, 0.3) is 11.1 Å². The molecule has 3 aromatic rings. The number of hydrogen-bond acceptors (Lipinski definition) is 5. The fourth-order valence-electron chi connectivity index (χ4n) is 3.16. The van der Waals surface area contributed by atoms with E-state index >= 15 is 0 Å². The summed E-state index contributed by atoms with van der Waals surface area (Å²) in [6, 6.07) is 14.5. The quantitative estimate of drug-likeness (QED) is 0.578. The average molecular weight is 444 g/mol. The molecule has 7 nitrogen and oxygen atoms in total. The van der Waals surface area contributed by atoms with Crippen molar-refractivity contribution in [2.45, 2.75) is 38.0 Å². The van der Waals surface area contributed by atoms with Crippen molar-refractivity contribution in [1.29, 1.82) is 0 Å². The predicted octanol–water partition coefficient (Wildman–Crippen LogP) is 3.86. The molecule has 0 atom stereocenters. The highest BCUT2D eigenvalue weighted by molar-refractivity contribution is 7.92. The molecule has 1 aromatic heterocycles. The number of aromatic nitrogens is 2. The van der Waals surface area contributed by atoms with Gasteiger partial charge in [0.25, 0.3) is 10.0 Å². The molecule has 0 unspecified atom stereocenters. The van der Waals surface area contributed by atoms with Gasteiger partial charge in [-0.05, 0) is 35.6 Å². The highest BCUT2D eigenvalue weighted by Gasteiger charge is 2.25. The molecule has 0 amide bonds. The number of sulfonamides is 1. The van der Waals surface area contributed by atoms with Crippen LogP contribution in [0.15, 0.2) is 53.4 Å². The van der Waals surface area contributed by atoms with Crippen LogP contribution in [0.1, 0.15) is 31.9 Å². The second-order valence-corrected chi connectivity index (χ2v) is 10.2. The van der Waals surface area contributed by atoms with Crippen LogP contribution in [0.5, 0.6) is 5.88 Å². The number of benzene rings is 2. The molecule has 3 rings (SSSR count). The van der Waals surface area contributed by atoms with E-state index in [1.807, 2.05) is 43.3 Å². The SMILES string of the molecule is Cc1ccc(-c2c(OCCO)nn(C)c2NS(=O)(=O)c2ccc(C(C)(C)C)cc2)cc1. The fourth-order valence-corrected chi connectivity index (χ4v) is 4.26. The molecule has 0 bridgehead atoms. The molecule has 0 aliphatic heterocycles.